The van der Waals surface area contributed by atoms with Gasteiger partial charge >= 0.3 is 6.09 Å². The summed E-state index contributed by atoms with van der Waals surface area (Å²) in [6.07, 6.45) is -0.709. The lowest BCUT2D eigenvalue weighted by molar-refractivity contribution is -0.383. The molecule has 0 aromatic heterocycles. The second kappa shape index (κ2) is 9.76. The molecule has 2 rings (SSSR count). The van der Waals surface area contributed by atoms with Gasteiger partial charge < -0.3 is 15.4 Å². The summed E-state index contributed by atoms with van der Waals surface area (Å²) in [4.78, 5) is 33.4. The van der Waals surface area contributed by atoms with Gasteiger partial charge in [-0.3, -0.25) is 20.2 Å². The molecule has 0 aliphatic carbocycles. The van der Waals surface area contributed by atoms with E-state index >= 15 is 0 Å². The van der Waals surface area contributed by atoms with E-state index in [4.69, 9.17) is 4.74 Å². The molecule has 2 aromatic carbocycles. The Morgan fingerprint density at radius 3 is 2.52 bits per heavy atom. The van der Waals surface area contributed by atoms with Crippen LogP contribution in [-0.2, 0) is 16.1 Å². The van der Waals surface area contributed by atoms with Gasteiger partial charge in [0, 0.05) is 26.1 Å². The maximum Gasteiger partial charge on any atom is 0.411 e. The first-order chi connectivity index (χ1) is 13.0. The van der Waals surface area contributed by atoms with Crippen molar-refractivity contribution < 1.29 is 19.2 Å². The Morgan fingerprint density at radius 1 is 1.11 bits per heavy atom. The van der Waals surface area contributed by atoms with Crippen LogP contribution in [0.1, 0.15) is 12.5 Å². The van der Waals surface area contributed by atoms with Gasteiger partial charge in [0.15, 0.2) is 0 Å². The van der Waals surface area contributed by atoms with Gasteiger partial charge in [0.1, 0.15) is 12.3 Å². The van der Waals surface area contributed by atoms with Crippen LogP contribution in [0.15, 0.2) is 48.5 Å². The first-order valence-corrected chi connectivity index (χ1v) is 8.20. The van der Waals surface area contributed by atoms with Gasteiger partial charge in [-0.15, -0.1) is 0 Å². The number of hydrogen-bond donors (Lipinski definition) is 3. The van der Waals surface area contributed by atoms with Crippen LogP contribution >= 0.6 is 0 Å². The number of carbonyl (C=O) groups is 2. The molecule has 0 heterocycles. The van der Waals surface area contributed by atoms with E-state index in [0.29, 0.717) is 13.1 Å². The van der Waals surface area contributed by atoms with Crippen LogP contribution in [0, 0.1) is 10.1 Å². The van der Waals surface area contributed by atoms with E-state index in [1.807, 2.05) is 30.3 Å². The van der Waals surface area contributed by atoms with E-state index in [-0.39, 0.29) is 29.6 Å². The van der Waals surface area contributed by atoms with Crippen molar-refractivity contribution in [2.75, 3.05) is 23.7 Å². The van der Waals surface area contributed by atoms with Crippen molar-refractivity contribution >= 4 is 29.1 Å². The van der Waals surface area contributed by atoms with Crippen molar-refractivity contribution in [2.45, 2.75) is 13.5 Å². The molecule has 0 spiro atoms. The lowest BCUT2D eigenvalue weighted by Gasteiger charge is -2.10. The minimum atomic E-state index is -0.709. The highest BCUT2D eigenvalue weighted by atomic mass is 16.6. The third kappa shape index (κ3) is 6.65. The number of ether oxygens (including phenoxy) is 1. The summed E-state index contributed by atoms with van der Waals surface area (Å²) >= 11 is 0. The number of rotatable bonds is 8. The SMILES string of the molecule is CC(=O)NCCNc1ccc(NC(=O)OCc2ccccc2)cc1[N+](=O)[O-]. The molecule has 0 aliphatic rings. The Hall–Kier alpha value is -3.62. The highest BCUT2D eigenvalue weighted by Crippen LogP contribution is 2.27. The molecule has 0 fully saturated rings. The number of nitrogens with one attached hydrogen (secondary N) is 3. The highest BCUT2D eigenvalue weighted by molar-refractivity contribution is 5.86. The van der Waals surface area contributed by atoms with Gasteiger partial charge in [0.25, 0.3) is 5.69 Å². The number of nitro benzene ring substituents is 1. The summed E-state index contributed by atoms with van der Waals surface area (Å²) in [6.45, 7) is 2.14. The smallest absolute Gasteiger partial charge is 0.411 e. The van der Waals surface area contributed by atoms with Crippen molar-refractivity contribution in [3.8, 4) is 0 Å². The van der Waals surface area contributed by atoms with Crippen LogP contribution in [0.5, 0.6) is 0 Å². The molecule has 2 amide bonds. The fourth-order valence-electron chi connectivity index (χ4n) is 2.22. The number of nitrogens with zero attached hydrogens (tertiary/aromatic N) is 1. The maximum atomic E-state index is 11.9. The Bertz CT molecular complexity index is 811. The first-order valence-electron chi connectivity index (χ1n) is 8.20. The largest absolute Gasteiger partial charge is 0.444 e. The Morgan fingerprint density at radius 2 is 1.85 bits per heavy atom. The van der Waals surface area contributed by atoms with Gasteiger partial charge in [0.2, 0.25) is 5.91 Å². The van der Waals surface area contributed by atoms with E-state index in [0.717, 1.165) is 5.56 Å². The van der Waals surface area contributed by atoms with Crippen LogP contribution in [0.2, 0.25) is 0 Å². The predicted molar refractivity (Wildman–Crippen MR) is 101 cm³/mol. The lowest BCUT2D eigenvalue weighted by Crippen LogP contribution is -2.26. The van der Waals surface area contributed by atoms with Gasteiger partial charge in [-0.2, -0.15) is 0 Å². The Kier molecular flexibility index (Phi) is 7.12. The Balaban J connectivity index is 1.94. The number of carbonyl (C=O) groups excluding carboxylic acids is 2. The number of nitro groups is 1. The fourth-order valence-corrected chi connectivity index (χ4v) is 2.22. The summed E-state index contributed by atoms with van der Waals surface area (Å²) in [5.74, 6) is -0.181. The molecule has 9 heteroatoms. The quantitative estimate of drug-likeness (QED) is 0.372. The second-order valence-corrected chi connectivity index (χ2v) is 5.59. The average Bonchev–Trinajstić information content (AvgIpc) is 2.65. The van der Waals surface area contributed by atoms with Crippen molar-refractivity contribution in [3.05, 3.63) is 64.2 Å². The van der Waals surface area contributed by atoms with E-state index in [2.05, 4.69) is 16.0 Å². The van der Waals surface area contributed by atoms with Gasteiger partial charge in [0.05, 0.1) is 10.6 Å². The molecule has 27 heavy (non-hydrogen) atoms. The summed E-state index contributed by atoms with van der Waals surface area (Å²) in [6, 6.07) is 13.4. The highest BCUT2D eigenvalue weighted by Gasteiger charge is 2.15. The molecular formula is C18H20N4O5. The number of amides is 2. The zero-order valence-corrected chi connectivity index (χ0v) is 14.7. The maximum absolute atomic E-state index is 11.9. The van der Waals surface area contributed by atoms with E-state index < -0.39 is 11.0 Å². The van der Waals surface area contributed by atoms with E-state index in [9.17, 15) is 19.7 Å². The standard InChI is InChI=1S/C18H20N4O5/c1-13(23)19-9-10-20-16-8-7-15(11-17(16)22(25)26)21-18(24)27-12-14-5-3-2-4-6-14/h2-8,11,20H,9-10,12H2,1H3,(H,19,23)(H,21,24). The molecule has 0 radical (unpaired) electrons. The van der Waals surface area contributed by atoms with Crippen molar-refractivity contribution in [1.29, 1.82) is 0 Å². The van der Waals surface area contributed by atoms with Crippen LogP contribution < -0.4 is 16.0 Å². The third-order valence-corrected chi connectivity index (χ3v) is 3.47. The van der Waals surface area contributed by atoms with Crippen LogP contribution in [0.25, 0.3) is 0 Å². The normalized spacial score (nSPS) is 9.96. The molecule has 0 aliphatic heterocycles. The minimum Gasteiger partial charge on any atom is -0.444 e. The molecule has 0 unspecified atom stereocenters. The summed E-state index contributed by atoms with van der Waals surface area (Å²) in [5, 5.41) is 19.2. The molecule has 0 bridgehead atoms. The average molecular weight is 372 g/mol. The molecule has 0 saturated heterocycles. The summed E-state index contributed by atoms with van der Waals surface area (Å²) < 4.78 is 5.09. The van der Waals surface area contributed by atoms with Crippen LogP contribution in [-0.4, -0.2) is 30.0 Å². The van der Waals surface area contributed by atoms with E-state index in [1.165, 1.54) is 25.1 Å². The van der Waals surface area contributed by atoms with Gasteiger partial charge in [-0.1, -0.05) is 30.3 Å². The number of anilines is 2. The first kappa shape index (κ1) is 19.7. The molecular weight excluding hydrogens is 352 g/mol. The Labute approximate surface area is 155 Å². The second-order valence-electron chi connectivity index (χ2n) is 5.59. The lowest BCUT2D eigenvalue weighted by atomic mass is 10.2. The molecule has 2 aromatic rings. The molecule has 0 saturated carbocycles. The van der Waals surface area contributed by atoms with Crippen LogP contribution in [0.4, 0.5) is 21.9 Å². The fraction of sp³-hybridized carbons (Fsp3) is 0.222. The van der Waals surface area contributed by atoms with Crippen molar-refractivity contribution in [3.63, 3.8) is 0 Å². The van der Waals surface area contributed by atoms with Gasteiger partial charge in [-0.05, 0) is 17.7 Å². The monoisotopic (exact) mass is 372 g/mol. The molecule has 3 N–H and O–H groups in total. The molecule has 9 nitrogen and oxygen atoms in total. The van der Waals surface area contributed by atoms with Crippen LogP contribution in [0.3, 0.4) is 0 Å². The zero-order chi connectivity index (χ0) is 19.6. The van der Waals surface area contributed by atoms with Crippen molar-refractivity contribution in [2.24, 2.45) is 0 Å². The number of benzene rings is 2. The zero-order valence-electron chi connectivity index (χ0n) is 14.7. The van der Waals surface area contributed by atoms with E-state index in [1.54, 1.807) is 0 Å². The number of hydrogen-bond acceptors (Lipinski definition) is 6. The molecule has 0 atom stereocenters. The topological polar surface area (TPSA) is 123 Å². The predicted octanol–water partition coefficient (Wildman–Crippen LogP) is 2.89. The van der Waals surface area contributed by atoms with Gasteiger partial charge in [-0.25, -0.2) is 4.79 Å². The third-order valence-electron chi connectivity index (χ3n) is 3.47. The minimum absolute atomic E-state index is 0.0948. The molecule has 142 valence electrons. The summed E-state index contributed by atoms with van der Waals surface area (Å²) in [5.41, 5.74) is 1.16. The van der Waals surface area contributed by atoms with Crippen molar-refractivity contribution in [1.82, 2.24) is 5.32 Å². The summed E-state index contributed by atoms with van der Waals surface area (Å²) in [7, 11) is 0.